The minimum Gasteiger partial charge on any atom is -0.379 e. The summed E-state index contributed by atoms with van der Waals surface area (Å²) < 4.78 is 5.53. The van der Waals surface area contributed by atoms with Crippen LogP contribution >= 0.6 is 0 Å². The summed E-state index contributed by atoms with van der Waals surface area (Å²) >= 11 is 0. The van der Waals surface area contributed by atoms with Crippen molar-refractivity contribution >= 4 is 11.9 Å². The highest BCUT2D eigenvalue weighted by Gasteiger charge is 2.08. The van der Waals surface area contributed by atoms with E-state index >= 15 is 0 Å². The maximum Gasteiger partial charge on any atom is 0.253 e. The number of carbonyl (C=O) groups is 1. The third kappa shape index (κ3) is 8.85. The van der Waals surface area contributed by atoms with E-state index in [2.05, 4.69) is 22.5 Å². The molecule has 0 aliphatic carbocycles. The van der Waals surface area contributed by atoms with Crippen molar-refractivity contribution in [3.63, 3.8) is 0 Å². The number of rotatable bonds is 10. The molecule has 6 heteroatoms. The van der Waals surface area contributed by atoms with Crippen molar-refractivity contribution in [3.8, 4) is 0 Å². The molecular weight excluding hydrogens is 328 g/mol. The summed E-state index contributed by atoms with van der Waals surface area (Å²) in [5, 5.41) is 6.59. The van der Waals surface area contributed by atoms with E-state index in [9.17, 15) is 4.79 Å². The van der Waals surface area contributed by atoms with E-state index in [4.69, 9.17) is 4.74 Å². The largest absolute Gasteiger partial charge is 0.379 e. The van der Waals surface area contributed by atoms with E-state index < -0.39 is 0 Å². The molecule has 0 aliphatic rings. The quantitative estimate of drug-likeness (QED) is 0.381. The molecule has 0 atom stereocenters. The molecule has 0 saturated heterocycles. The monoisotopic (exact) mass is 362 g/mol. The van der Waals surface area contributed by atoms with Crippen molar-refractivity contribution in [2.45, 2.75) is 39.7 Å². The van der Waals surface area contributed by atoms with Crippen LogP contribution in [0.5, 0.6) is 0 Å². The third-order valence-electron chi connectivity index (χ3n) is 3.65. The smallest absolute Gasteiger partial charge is 0.253 e. The second kappa shape index (κ2) is 12.3. The van der Waals surface area contributed by atoms with Gasteiger partial charge in [-0.15, -0.1) is 0 Å². The van der Waals surface area contributed by atoms with Crippen molar-refractivity contribution in [1.29, 1.82) is 0 Å². The van der Waals surface area contributed by atoms with Gasteiger partial charge < -0.3 is 20.3 Å². The fourth-order valence-electron chi connectivity index (χ4n) is 2.36. The predicted molar refractivity (Wildman–Crippen MR) is 108 cm³/mol. The van der Waals surface area contributed by atoms with E-state index in [1.54, 1.807) is 19.0 Å². The molecular formula is C20H34N4O2. The molecule has 1 aromatic carbocycles. The fourth-order valence-corrected chi connectivity index (χ4v) is 2.36. The number of amides is 1. The Labute approximate surface area is 158 Å². The van der Waals surface area contributed by atoms with Crippen LogP contribution in [0.1, 0.15) is 43.1 Å². The molecule has 0 radical (unpaired) electrons. The van der Waals surface area contributed by atoms with Crippen LogP contribution in [-0.2, 0) is 11.2 Å². The summed E-state index contributed by atoms with van der Waals surface area (Å²) in [6.07, 6.45) is 2.00. The van der Waals surface area contributed by atoms with Gasteiger partial charge in [0, 0.05) is 45.9 Å². The molecule has 1 amide bonds. The van der Waals surface area contributed by atoms with Crippen molar-refractivity contribution in [2.75, 3.05) is 40.3 Å². The molecule has 0 saturated carbocycles. The van der Waals surface area contributed by atoms with Crippen LogP contribution in [0.15, 0.2) is 29.3 Å². The Kier molecular flexibility index (Phi) is 10.4. The Hall–Kier alpha value is -2.08. The van der Waals surface area contributed by atoms with Gasteiger partial charge in [-0.25, -0.2) is 0 Å². The molecule has 0 spiro atoms. The summed E-state index contributed by atoms with van der Waals surface area (Å²) in [6, 6.07) is 7.78. The maximum atomic E-state index is 12.0. The minimum atomic E-state index is 0.0262. The first kappa shape index (κ1) is 22.0. The van der Waals surface area contributed by atoms with Crippen molar-refractivity contribution in [2.24, 2.45) is 4.99 Å². The zero-order valence-corrected chi connectivity index (χ0v) is 16.8. The third-order valence-corrected chi connectivity index (χ3v) is 3.65. The number of guanidine groups is 1. The maximum absolute atomic E-state index is 12.0. The summed E-state index contributed by atoms with van der Waals surface area (Å²) in [7, 11) is 3.53. The molecule has 0 fully saturated rings. The standard InChI is InChI=1S/C20H34N4O2/c1-6-21-20(22-12-8-14-26-16(2)3)23-13-11-17-9-7-10-18(15-17)19(25)24(4)5/h7,9-10,15-16H,6,8,11-14H2,1-5H3,(H2,21,22,23). The number of ether oxygens (including phenoxy) is 1. The number of nitrogens with one attached hydrogen (secondary N) is 2. The van der Waals surface area contributed by atoms with Crippen LogP contribution in [0.25, 0.3) is 0 Å². The Morgan fingerprint density at radius 3 is 2.69 bits per heavy atom. The van der Waals surface area contributed by atoms with Gasteiger partial charge in [-0.1, -0.05) is 12.1 Å². The Balaban J connectivity index is 2.47. The van der Waals surface area contributed by atoms with Crippen LogP contribution in [0, 0.1) is 0 Å². The van der Waals surface area contributed by atoms with Crippen LogP contribution < -0.4 is 10.6 Å². The average molecular weight is 363 g/mol. The number of hydrogen-bond acceptors (Lipinski definition) is 3. The summed E-state index contributed by atoms with van der Waals surface area (Å²) in [5.41, 5.74) is 1.85. The summed E-state index contributed by atoms with van der Waals surface area (Å²) in [6.45, 7) is 9.17. The number of nitrogens with zero attached hydrogens (tertiary/aromatic N) is 2. The SMILES string of the molecule is CCNC(=NCCCOC(C)C)NCCc1cccc(C(=O)N(C)C)c1. The van der Waals surface area contributed by atoms with Crippen molar-refractivity contribution in [1.82, 2.24) is 15.5 Å². The fraction of sp³-hybridized carbons (Fsp3) is 0.600. The minimum absolute atomic E-state index is 0.0262. The molecule has 2 N–H and O–H groups in total. The van der Waals surface area contributed by atoms with Gasteiger partial charge in [-0.05, 0) is 51.3 Å². The van der Waals surface area contributed by atoms with Crippen LogP contribution in [-0.4, -0.2) is 63.2 Å². The normalized spacial score (nSPS) is 11.5. The van der Waals surface area contributed by atoms with Gasteiger partial charge in [0.1, 0.15) is 0 Å². The van der Waals surface area contributed by atoms with Crippen molar-refractivity contribution < 1.29 is 9.53 Å². The number of benzene rings is 1. The first-order valence-corrected chi connectivity index (χ1v) is 9.38. The first-order valence-electron chi connectivity index (χ1n) is 9.38. The van der Waals surface area contributed by atoms with E-state index in [0.29, 0.717) is 0 Å². The average Bonchev–Trinajstić information content (AvgIpc) is 2.60. The molecule has 0 aromatic heterocycles. The Morgan fingerprint density at radius 1 is 1.27 bits per heavy atom. The van der Waals surface area contributed by atoms with E-state index in [1.807, 2.05) is 38.1 Å². The van der Waals surface area contributed by atoms with Gasteiger partial charge in [0.25, 0.3) is 5.91 Å². The van der Waals surface area contributed by atoms with Gasteiger partial charge in [-0.2, -0.15) is 0 Å². The van der Waals surface area contributed by atoms with Crippen molar-refractivity contribution in [3.05, 3.63) is 35.4 Å². The van der Waals surface area contributed by atoms with E-state index in [-0.39, 0.29) is 12.0 Å². The van der Waals surface area contributed by atoms with Crippen LogP contribution in [0.3, 0.4) is 0 Å². The zero-order chi connectivity index (χ0) is 19.4. The molecule has 1 rings (SSSR count). The summed E-state index contributed by atoms with van der Waals surface area (Å²) in [5.74, 6) is 0.843. The number of carbonyl (C=O) groups excluding carboxylic acids is 1. The Bertz CT molecular complexity index is 571. The van der Waals surface area contributed by atoms with Gasteiger partial charge in [-0.3, -0.25) is 9.79 Å². The highest BCUT2D eigenvalue weighted by atomic mass is 16.5. The molecule has 26 heavy (non-hydrogen) atoms. The molecule has 146 valence electrons. The molecule has 1 aromatic rings. The molecule has 0 heterocycles. The first-order chi connectivity index (χ1) is 12.4. The lowest BCUT2D eigenvalue weighted by atomic mass is 10.1. The zero-order valence-electron chi connectivity index (χ0n) is 16.8. The highest BCUT2D eigenvalue weighted by molar-refractivity contribution is 5.94. The lowest BCUT2D eigenvalue weighted by molar-refractivity contribution is 0.0782. The van der Waals surface area contributed by atoms with E-state index in [0.717, 1.165) is 56.2 Å². The van der Waals surface area contributed by atoms with Gasteiger partial charge in [0.2, 0.25) is 0 Å². The Morgan fingerprint density at radius 2 is 2.04 bits per heavy atom. The molecule has 0 unspecified atom stereocenters. The topological polar surface area (TPSA) is 66.0 Å². The lowest BCUT2D eigenvalue weighted by Gasteiger charge is -2.13. The van der Waals surface area contributed by atoms with Gasteiger partial charge in [0.05, 0.1) is 6.10 Å². The number of aliphatic imine (C=N–C) groups is 1. The van der Waals surface area contributed by atoms with E-state index in [1.165, 1.54) is 0 Å². The lowest BCUT2D eigenvalue weighted by Crippen LogP contribution is -2.38. The summed E-state index contributed by atoms with van der Waals surface area (Å²) in [4.78, 5) is 18.2. The second-order valence-corrected chi connectivity index (χ2v) is 6.61. The van der Waals surface area contributed by atoms with Gasteiger partial charge in [0.15, 0.2) is 5.96 Å². The molecule has 0 bridgehead atoms. The van der Waals surface area contributed by atoms with Gasteiger partial charge >= 0.3 is 0 Å². The van der Waals surface area contributed by atoms with Crippen LogP contribution in [0.4, 0.5) is 0 Å². The van der Waals surface area contributed by atoms with Crippen LogP contribution in [0.2, 0.25) is 0 Å². The molecule has 6 nitrogen and oxygen atoms in total. The highest BCUT2D eigenvalue weighted by Crippen LogP contribution is 2.07. The predicted octanol–water partition coefficient (Wildman–Crippen LogP) is 2.30. The number of hydrogen-bond donors (Lipinski definition) is 2. The second-order valence-electron chi connectivity index (χ2n) is 6.61. The molecule has 0 aliphatic heterocycles.